The van der Waals surface area contributed by atoms with Crippen molar-refractivity contribution in [1.82, 2.24) is 0 Å². The van der Waals surface area contributed by atoms with Gasteiger partial charge in [0.1, 0.15) is 19.0 Å². The Bertz CT molecular complexity index is 658. The fourth-order valence-corrected chi connectivity index (χ4v) is 3.38. The third-order valence-electron chi connectivity index (χ3n) is 3.33. The fourth-order valence-electron chi connectivity index (χ4n) is 2.25. The molecule has 0 aromatic heterocycles. The van der Waals surface area contributed by atoms with E-state index >= 15 is 0 Å². The molecule has 3 nitrogen and oxygen atoms in total. The zero-order valence-corrected chi connectivity index (χ0v) is 14.6. The maximum absolute atomic E-state index is 5.64. The van der Waals surface area contributed by atoms with Crippen molar-refractivity contribution in [3.8, 4) is 17.2 Å². The summed E-state index contributed by atoms with van der Waals surface area (Å²) in [7, 11) is 1.66. The smallest absolute Gasteiger partial charge is 0.161 e. The van der Waals surface area contributed by atoms with Gasteiger partial charge in [-0.15, -0.1) is 0 Å². The molecule has 1 aliphatic heterocycles. The van der Waals surface area contributed by atoms with Gasteiger partial charge in [0, 0.05) is 0 Å². The Morgan fingerprint density at radius 2 is 1.67 bits per heavy atom. The van der Waals surface area contributed by atoms with Crippen LogP contribution in [0.1, 0.15) is 16.0 Å². The number of alkyl halides is 1. The SMILES string of the molecule is COc1ccc(C(Br)c2ccc3c(c2)OCCO3)cc1Br. The van der Waals surface area contributed by atoms with Gasteiger partial charge in [0.25, 0.3) is 0 Å². The van der Waals surface area contributed by atoms with Crippen LogP contribution in [0.4, 0.5) is 0 Å². The zero-order valence-electron chi connectivity index (χ0n) is 11.4. The van der Waals surface area contributed by atoms with Crippen LogP contribution in [0.15, 0.2) is 40.9 Å². The van der Waals surface area contributed by atoms with Crippen molar-refractivity contribution in [3.63, 3.8) is 0 Å². The number of fused-ring (bicyclic) bond motifs is 1. The Hall–Kier alpha value is -1.20. The van der Waals surface area contributed by atoms with Crippen molar-refractivity contribution in [1.29, 1.82) is 0 Å². The molecule has 2 aromatic rings. The Morgan fingerprint density at radius 3 is 2.38 bits per heavy atom. The van der Waals surface area contributed by atoms with Crippen molar-refractivity contribution in [2.45, 2.75) is 4.83 Å². The van der Waals surface area contributed by atoms with Crippen LogP contribution in [0.25, 0.3) is 0 Å². The van der Waals surface area contributed by atoms with Crippen LogP contribution in [-0.2, 0) is 0 Å². The molecular weight excluding hydrogens is 400 g/mol. The molecule has 0 radical (unpaired) electrons. The van der Waals surface area contributed by atoms with Gasteiger partial charge in [-0.25, -0.2) is 0 Å². The second-order valence-corrected chi connectivity index (χ2v) is 6.43. The molecule has 0 saturated heterocycles. The van der Waals surface area contributed by atoms with Gasteiger partial charge >= 0.3 is 0 Å². The molecule has 0 spiro atoms. The summed E-state index contributed by atoms with van der Waals surface area (Å²) in [5, 5.41) is 0. The monoisotopic (exact) mass is 412 g/mol. The van der Waals surface area contributed by atoms with E-state index in [0.717, 1.165) is 32.8 Å². The first-order valence-electron chi connectivity index (χ1n) is 6.56. The van der Waals surface area contributed by atoms with Crippen LogP contribution < -0.4 is 14.2 Å². The van der Waals surface area contributed by atoms with E-state index in [4.69, 9.17) is 14.2 Å². The number of rotatable bonds is 3. The molecule has 1 atom stereocenters. The molecule has 2 aromatic carbocycles. The summed E-state index contributed by atoms with van der Waals surface area (Å²) in [4.78, 5) is 0.0792. The van der Waals surface area contributed by atoms with E-state index in [9.17, 15) is 0 Å². The van der Waals surface area contributed by atoms with Gasteiger partial charge in [-0.2, -0.15) is 0 Å². The quantitative estimate of drug-likeness (QED) is 0.681. The third kappa shape index (κ3) is 3.04. The van der Waals surface area contributed by atoms with Gasteiger partial charge in [-0.1, -0.05) is 28.1 Å². The second-order valence-electron chi connectivity index (χ2n) is 4.66. The summed E-state index contributed by atoms with van der Waals surface area (Å²) in [6.07, 6.45) is 0. The second kappa shape index (κ2) is 6.28. The maximum atomic E-state index is 5.64. The Balaban J connectivity index is 1.91. The molecule has 0 amide bonds. The largest absolute Gasteiger partial charge is 0.496 e. The summed E-state index contributed by atoms with van der Waals surface area (Å²) in [5.41, 5.74) is 2.26. The molecule has 110 valence electrons. The highest BCUT2D eigenvalue weighted by Crippen LogP contribution is 2.39. The molecule has 0 aliphatic carbocycles. The lowest BCUT2D eigenvalue weighted by atomic mass is 10.0. The highest BCUT2D eigenvalue weighted by molar-refractivity contribution is 9.10. The van der Waals surface area contributed by atoms with Crippen LogP contribution >= 0.6 is 31.9 Å². The first-order valence-corrected chi connectivity index (χ1v) is 8.27. The van der Waals surface area contributed by atoms with Gasteiger partial charge in [-0.05, 0) is 51.3 Å². The van der Waals surface area contributed by atoms with Crippen LogP contribution in [0.3, 0.4) is 0 Å². The molecular formula is C16H14Br2O3. The van der Waals surface area contributed by atoms with Gasteiger partial charge < -0.3 is 14.2 Å². The van der Waals surface area contributed by atoms with Crippen LogP contribution in [0.5, 0.6) is 17.2 Å². The number of hydrogen-bond donors (Lipinski definition) is 0. The molecule has 21 heavy (non-hydrogen) atoms. The van der Waals surface area contributed by atoms with Crippen LogP contribution in [0.2, 0.25) is 0 Å². The van der Waals surface area contributed by atoms with Crippen molar-refractivity contribution in [2.75, 3.05) is 20.3 Å². The van der Waals surface area contributed by atoms with E-state index in [0.29, 0.717) is 13.2 Å². The Morgan fingerprint density at radius 1 is 1.00 bits per heavy atom. The molecule has 1 heterocycles. The van der Waals surface area contributed by atoms with Gasteiger partial charge in [-0.3, -0.25) is 0 Å². The van der Waals surface area contributed by atoms with Crippen molar-refractivity contribution < 1.29 is 14.2 Å². The minimum absolute atomic E-state index is 0.0792. The predicted octanol–water partition coefficient (Wildman–Crippen LogP) is 4.71. The lowest BCUT2D eigenvalue weighted by molar-refractivity contribution is 0.171. The van der Waals surface area contributed by atoms with Gasteiger partial charge in [0.15, 0.2) is 11.5 Å². The van der Waals surface area contributed by atoms with Crippen molar-refractivity contribution in [3.05, 3.63) is 52.0 Å². The number of benzene rings is 2. The average molecular weight is 414 g/mol. The van der Waals surface area contributed by atoms with E-state index in [-0.39, 0.29) is 4.83 Å². The van der Waals surface area contributed by atoms with Crippen LogP contribution in [-0.4, -0.2) is 20.3 Å². The van der Waals surface area contributed by atoms with E-state index in [1.165, 1.54) is 0 Å². The lowest BCUT2D eigenvalue weighted by Gasteiger charge is -2.20. The van der Waals surface area contributed by atoms with E-state index in [1.807, 2.05) is 30.3 Å². The summed E-state index contributed by atoms with van der Waals surface area (Å²) >= 11 is 7.26. The number of methoxy groups -OCH3 is 1. The third-order valence-corrected chi connectivity index (χ3v) is 5.00. The topological polar surface area (TPSA) is 27.7 Å². The molecule has 1 aliphatic rings. The predicted molar refractivity (Wildman–Crippen MR) is 88.9 cm³/mol. The van der Waals surface area contributed by atoms with Gasteiger partial charge in [0.2, 0.25) is 0 Å². The van der Waals surface area contributed by atoms with Crippen molar-refractivity contribution >= 4 is 31.9 Å². The first-order chi connectivity index (χ1) is 10.2. The highest BCUT2D eigenvalue weighted by Gasteiger charge is 2.17. The zero-order chi connectivity index (χ0) is 14.8. The molecule has 0 N–H and O–H groups in total. The van der Waals surface area contributed by atoms with E-state index in [1.54, 1.807) is 7.11 Å². The average Bonchev–Trinajstić information content (AvgIpc) is 2.53. The lowest BCUT2D eigenvalue weighted by Crippen LogP contribution is -2.15. The molecule has 3 rings (SSSR count). The first kappa shape index (κ1) is 14.7. The summed E-state index contributed by atoms with van der Waals surface area (Å²) in [5.74, 6) is 2.43. The number of ether oxygens (including phenoxy) is 3. The molecule has 5 heteroatoms. The Kier molecular flexibility index (Phi) is 4.40. The summed E-state index contributed by atoms with van der Waals surface area (Å²) in [6, 6.07) is 12.1. The summed E-state index contributed by atoms with van der Waals surface area (Å²) < 4.78 is 17.4. The van der Waals surface area contributed by atoms with Gasteiger partial charge in [0.05, 0.1) is 16.4 Å². The molecule has 0 bridgehead atoms. The maximum Gasteiger partial charge on any atom is 0.161 e. The molecule has 0 saturated carbocycles. The number of halogens is 2. The Labute approximate surface area is 140 Å². The fraction of sp³-hybridized carbons (Fsp3) is 0.250. The molecule has 0 fully saturated rings. The van der Waals surface area contributed by atoms with E-state index in [2.05, 4.69) is 37.9 Å². The normalized spacial score (nSPS) is 14.6. The van der Waals surface area contributed by atoms with Crippen molar-refractivity contribution in [2.24, 2.45) is 0 Å². The number of hydrogen-bond acceptors (Lipinski definition) is 3. The minimum Gasteiger partial charge on any atom is -0.496 e. The standard InChI is InChI=1S/C16H14Br2O3/c1-19-13-4-2-10(8-12(13)17)16(18)11-3-5-14-15(9-11)21-7-6-20-14/h2-5,8-9,16H,6-7H2,1H3. The summed E-state index contributed by atoms with van der Waals surface area (Å²) in [6.45, 7) is 1.20. The molecule has 1 unspecified atom stereocenters. The van der Waals surface area contributed by atoms with Crippen LogP contribution in [0, 0.1) is 0 Å². The minimum atomic E-state index is 0.0792. The highest BCUT2D eigenvalue weighted by atomic mass is 79.9. The van der Waals surface area contributed by atoms with E-state index < -0.39 is 0 Å².